The fourth-order valence-corrected chi connectivity index (χ4v) is 3.19. The first-order chi connectivity index (χ1) is 12.0. The minimum atomic E-state index is -0.616. The van der Waals surface area contributed by atoms with Crippen molar-refractivity contribution in [1.82, 2.24) is 15.5 Å². The molecule has 1 aromatic carbocycles. The van der Waals surface area contributed by atoms with Crippen molar-refractivity contribution in [2.75, 3.05) is 5.32 Å². The molecule has 0 aliphatic heterocycles. The molecule has 2 amide bonds. The molecule has 0 saturated heterocycles. The first kappa shape index (κ1) is 19.1. The van der Waals surface area contributed by atoms with Gasteiger partial charge in [-0.1, -0.05) is 62.4 Å². The van der Waals surface area contributed by atoms with Gasteiger partial charge in [-0.25, -0.2) is 0 Å². The quantitative estimate of drug-likeness (QED) is 0.758. The molecule has 0 aliphatic carbocycles. The van der Waals surface area contributed by atoms with Crippen molar-refractivity contribution in [3.05, 3.63) is 40.9 Å². The largest absolute Gasteiger partial charge is 0.344 e. The average Bonchev–Trinajstić information content (AvgIpc) is 3.00. The van der Waals surface area contributed by atoms with Gasteiger partial charge in [-0.05, 0) is 17.9 Å². The van der Waals surface area contributed by atoms with Crippen LogP contribution in [0.5, 0.6) is 0 Å². The smallest absolute Gasteiger partial charge is 0.249 e. The number of aryl methyl sites for hydroxylation is 1. The van der Waals surface area contributed by atoms with E-state index >= 15 is 0 Å². The first-order valence-electron chi connectivity index (χ1n) is 8.46. The topological polar surface area (TPSA) is 84.0 Å². The van der Waals surface area contributed by atoms with E-state index in [-0.39, 0.29) is 24.2 Å². The Morgan fingerprint density at radius 2 is 1.88 bits per heavy atom. The molecule has 1 unspecified atom stereocenters. The number of benzene rings is 1. The number of rotatable bonds is 8. The van der Waals surface area contributed by atoms with Crippen LogP contribution in [0.1, 0.15) is 37.8 Å². The summed E-state index contributed by atoms with van der Waals surface area (Å²) in [6.45, 7) is 5.86. The molecule has 0 radical (unpaired) electrons. The predicted molar refractivity (Wildman–Crippen MR) is 99.4 cm³/mol. The predicted octanol–water partition coefficient (Wildman–Crippen LogP) is 2.81. The van der Waals surface area contributed by atoms with Crippen molar-refractivity contribution in [1.29, 1.82) is 0 Å². The Morgan fingerprint density at radius 3 is 2.52 bits per heavy atom. The Labute approximate surface area is 152 Å². The number of aromatic nitrogens is 2. The van der Waals surface area contributed by atoms with Gasteiger partial charge < -0.3 is 5.32 Å². The fraction of sp³-hybridized carbons (Fsp3) is 0.444. The lowest BCUT2D eigenvalue weighted by atomic mass is 10.0. The lowest BCUT2D eigenvalue weighted by Crippen LogP contribution is -2.47. The molecule has 0 saturated carbocycles. The number of nitrogens with zero attached hydrogens (tertiary/aromatic N) is 2. The van der Waals surface area contributed by atoms with Crippen LogP contribution in [-0.4, -0.2) is 28.1 Å². The third kappa shape index (κ3) is 5.94. The summed E-state index contributed by atoms with van der Waals surface area (Å²) in [5.74, 6) is -0.484. The van der Waals surface area contributed by atoms with Gasteiger partial charge >= 0.3 is 0 Å². The summed E-state index contributed by atoms with van der Waals surface area (Å²) in [6.07, 6.45) is 2.07. The highest BCUT2D eigenvalue weighted by atomic mass is 32.1. The molecule has 2 rings (SSSR count). The van der Waals surface area contributed by atoms with E-state index in [4.69, 9.17) is 0 Å². The van der Waals surface area contributed by atoms with Crippen molar-refractivity contribution in [2.45, 2.75) is 46.1 Å². The molecular weight excluding hydrogens is 336 g/mol. The minimum Gasteiger partial charge on any atom is -0.344 e. The molecule has 0 spiro atoms. The van der Waals surface area contributed by atoms with Crippen LogP contribution in [0.15, 0.2) is 30.3 Å². The molecular formula is C18H24N4O2S. The van der Waals surface area contributed by atoms with Crippen molar-refractivity contribution >= 4 is 28.3 Å². The van der Waals surface area contributed by atoms with Crippen LogP contribution < -0.4 is 10.6 Å². The Morgan fingerprint density at radius 1 is 1.16 bits per heavy atom. The Kier molecular flexibility index (Phi) is 7.06. The second-order valence-corrected chi connectivity index (χ2v) is 7.25. The van der Waals surface area contributed by atoms with Gasteiger partial charge in [0.1, 0.15) is 11.0 Å². The molecule has 2 N–H and O–H groups in total. The van der Waals surface area contributed by atoms with Gasteiger partial charge in [0.15, 0.2) is 0 Å². The average molecular weight is 360 g/mol. The monoisotopic (exact) mass is 360 g/mol. The van der Waals surface area contributed by atoms with Gasteiger partial charge in [0.05, 0.1) is 6.42 Å². The highest BCUT2D eigenvalue weighted by Crippen LogP contribution is 2.17. The zero-order valence-electron chi connectivity index (χ0n) is 14.8. The van der Waals surface area contributed by atoms with E-state index in [0.717, 1.165) is 23.4 Å². The SMILES string of the molecule is CCCc1nnc(NC(=O)C(NC(=O)Cc2ccccc2)C(C)C)s1. The Hall–Kier alpha value is -2.28. The third-order valence-electron chi connectivity index (χ3n) is 3.63. The normalized spacial score (nSPS) is 12.0. The Balaban J connectivity index is 1.96. The molecule has 0 fully saturated rings. The van der Waals surface area contributed by atoms with E-state index in [0.29, 0.717) is 5.13 Å². The molecule has 134 valence electrons. The summed E-state index contributed by atoms with van der Waals surface area (Å²) in [5.41, 5.74) is 0.913. The van der Waals surface area contributed by atoms with Gasteiger partial charge in [0.2, 0.25) is 16.9 Å². The van der Waals surface area contributed by atoms with Crippen LogP contribution in [0.4, 0.5) is 5.13 Å². The van der Waals surface area contributed by atoms with E-state index in [2.05, 4.69) is 27.8 Å². The summed E-state index contributed by atoms with van der Waals surface area (Å²) < 4.78 is 0. The number of hydrogen-bond acceptors (Lipinski definition) is 5. The summed E-state index contributed by atoms with van der Waals surface area (Å²) in [7, 11) is 0. The molecule has 1 atom stereocenters. The van der Waals surface area contributed by atoms with Crippen LogP contribution in [0.25, 0.3) is 0 Å². The van der Waals surface area contributed by atoms with E-state index in [1.54, 1.807) is 0 Å². The van der Waals surface area contributed by atoms with Crippen LogP contribution in [0.3, 0.4) is 0 Å². The summed E-state index contributed by atoms with van der Waals surface area (Å²) in [5, 5.41) is 15.0. The number of amides is 2. The molecule has 0 bridgehead atoms. The van der Waals surface area contributed by atoms with E-state index < -0.39 is 6.04 Å². The zero-order chi connectivity index (χ0) is 18.2. The standard InChI is InChI=1S/C18H24N4O2S/c1-4-8-15-21-22-18(25-15)20-17(24)16(12(2)3)19-14(23)11-13-9-6-5-7-10-13/h5-7,9-10,12,16H,4,8,11H2,1-3H3,(H,19,23)(H,20,22,24). The molecule has 7 heteroatoms. The number of carbonyl (C=O) groups excluding carboxylic acids is 2. The highest BCUT2D eigenvalue weighted by molar-refractivity contribution is 7.15. The summed E-state index contributed by atoms with van der Waals surface area (Å²) in [6, 6.07) is 8.84. The van der Waals surface area contributed by atoms with E-state index in [1.807, 2.05) is 44.2 Å². The maximum Gasteiger partial charge on any atom is 0.249 e. The number of carbonyl (C=O) groups is 2. The van der Waals surface area contributed by atoms with E-state index in [9.17, 15) is 9.59 Å². The van der Waals surface area contributed by atoms with Gasteiger partial charge in [-0.2, -0.15) is 0 Å². The molecule has 1 heterocycles. The van der Waals surface area contributed by atoms with Crippen LogP contribution in [0, 0.1) is 5.92 Å². The van der Waals surface area contributed by atoms with Gasteiger partial charge in [-0.15, -0.1) is 10.2 Å². The fourth-order valence-electron chi connectivity index (χ4n) is 2.34. The van der Waals surface area contributed by atoms with E-state index in [1.165, 1.54) is 11.3 Å². The maximum atomic E-state index is 12.5. The van der Waals surface area contributed by atoms with Gasteiger partial charge in [0, 0.05) is 6.42 Å². The second-order valence-electron chi connectivity index (χ2n) is 6.19. The summed E-state index contributed by atoms with van der Waals surface area (Å²) in [4.78, 5) is 24.8. The molecule has 0 aliphatic rings. The van der Waals surface area contributed by atoms with Gasteiger partial charge in [-0.3, -0.25) is 14.9 Å². The molecule has 6 nitrogen and oxygen atoms in total. The minimum absolute atomic E-state index is 0.0391. The first-order valence-corrected chi connectivity index (χ1v) is 9.27. The van der Waals surface area contributed by atoms with Crippen molar-refractivity contribution in [2.24, 2.45) is 5.92 Å². The lowest BCUT2D eigenvalue weighted by Gasteiger charge is -2.21. The van der Waals surface area contributed by atoms with Crippen LogP contribution in [0.2, 0.25) is 0 Å². The maximum absolute atomic E-state index is 12.5. The van der Waals surface area contributed by atoms with Crippen LogP contribution in [-0.2, 0) is 22.4 Å². The molecule has 25 heavy (non-hydrogen) atoms. The second kappa shape index (κ2) is 9.27. The summed E-state index contributed by atoms with van der Waals surface area (Å²) >= 11 is 1.37. The molecule has 1 aromatic heterocycles. The number of anilines is 1. The van der Waals surface area contributed by atoms with Crippen molar-refractivity contribution in [3.63, 3.8) is 0 Å². The lowest BCUT2D eigenvalue weighted by molar-refractivity contribution is -0.127. The van der Waals surface area contributed by atoms with Gasteiger partial charge in [0.25, 0.3) is 0 Å². The van der Waals surface area contributed by atoms with Crippen molar-refractivity contribution in [3.8, 4) is 0 Å². The molecule has 2 aromatic rings. The highest BCUT2D eigenvalue weighted by Gasteiger charge is 2.25. The third-order valence-corrected chi connectivity index (χ3v) is 4.53. The zero-order valence-corrected chi connectivity index (χ0v) is 15.6. The number of nitrogens with one attached hydrogen (secondary N) is 2. The Bertz CT molecular complexity index is 700. The number of hydrogen-bond donors (Lipinski definition) is 2. The van der Waals surface area contributed by atoms with Crippen LogP contribution >= 0.6 is 11.3 Å². The van der Waals surface area contributed by atoms with Crippen molar-refractivity contribution < 1.29 is 9.59 Å².